The van der Waals surface area contributed by atoms with Gasteiger partial charge in [-0.05, 0) is 12.1 Å². The maximum atomic E-state index is 8.60. The molecule has 74 valence electrons. The first-order chi connectivity index (χ1) is 7.40. The summed E-state index contributed by atoms with van der Waals surface area (Å²) in [5, 5.41) is 9.69. The Labute approximate surface area is 88.6 Å². The average Bonchev–Trinajstić information content (AvgIpc) is 2.29. The van der Waals surface area contributed by atoms with Gasteiger partial charge >= 0.3 is 0 Å². The topological polar surface area (TPSA) is 33.1 Å². The van der Waals surface area contributed by atoms with E-state index in [2.05, 4.69) is 16.8 Å². The summed E-state index contributed by atoms with van der Waals surface area (Å²) in [7, 11) is 0. The van der Waals surface area contributed by atoms with Crippen molar-refractivity contribution in [1.29, 1.82) is 0 Å². The van der Waals surface area contributed by atoms with Gasteiger partial charge in [0.1, 0.15) is 0 Å². The fourth-order valence-corrected chi connectivity index (χ4v) is 1.36. The molecule has 0 spiro atoms. The number of para-hydroxylation sites is 1. The molecule has 1 aromatic carbocycles. The van der Waals surface area contributed by atoms with Gasteiger partial charge in [-0.3, -0.25) is 4.98 Å². The molecule has 1 aromatic heterocycles. The van der Waals surface area contributed by atoms with E-state index in [-0.39, 0.29) is 6.61 Å². The number of benzene rings is 1. The van der Waals surface area contributed by atoms with E-state index in [1.807, 2.05) is 30.3 Å². The predicted octanol–water partition coefficient (Wildman–Crippen LogP) is 1.97. The molecule has 2 nitrogen and oxygen atoms in total. The molecule has 2 heteroatoms. The minimum absolute atomic E-state index is 0.105. The molecule has 1 heterocycles. The highest BCUT2D eigenvalue weighted by molar-refractivity contribution is 5.79. The molecule has 0 bridgehead atoms. The predicted molar refractivity (Wildman–Crippen MR) is 60.3 cm³/mol. The molecular formula is C13H11NO. The lowest BCUT2D eigenvalue weighted by Crippen LogP contribution is -1.82. The third kappa shape index (κ3) is 2.34. The Morgan fingerprint density at radius 3 is 3.00 bits per heavy atom. The van der Waals surface area contributed by atoms with Gasteiger partial charge in [-0.15, -0.1) is 0 Å². The Hall–Kier alpha value is -1.85. The van der Waals surface area contributed by atoms with Crippen molar-refractivity contribution < 1.29 is 5.11 Å². The number of hydrogen-bond donors (Lipinski definition) is 1. The van der Waals surface area contributed by atoms with E-state index in [0.717, 1.165) is 16.5 Å². The van der Waals surface area contributed by atoms with Crippen LogP contribution in [0.2, 0.25) is 0 Å². The van der Waals surface area contributed by atoms with Crippen LogP contribution in [0.1, 0.15) is 12.0 Å². The van der Waals surface area contributed by atoms with Gasteiger partial charge in [-0.2, -0.15) is 0 Å². The fraction of sp³-hybridized carbons (Fsp3) is 0.154. The number of nitrogens with zero attached hydrogens (tertiary/aromatic N) is 1. The van der Waals surface area contributed by atoms with Crippen LogP contribution in [-0.4, -0.2) is 16.7 Å². The number of aromatic nitrogens is 1. The molecule has 0 aliphatic carbocycles. The van der Waals surface area contributed by atoms with Crippen LogP contribution in [-0.2, 0) is 0 Å². The highest BCUT2D eigenvalue weighted by Gasteiger charge is 1.93. The lowest BCUT2D eigenvalue weighted by molar-refractivity contribution is 0.305. The van der Waals surface area contributed by atoms with Crippen molar-refractivity contribution in [3.8, 4) is 11.8 Å². The third-order valence-corrected chi connectivity index (χ3v) is 2.06. The van der Waals surface area contributed by atoms with Gasteiger partial charge in [0.15, 0.2) is 0 Å². The minimum atomic E-state index is 0.105. The molecule has 0 atom stereocenters. The SMILES string of the molecule is OCCC#Cc1cnc2ccccc2c1. The van der Waals surface area contributed by atoms with E-state index in [4.69, 9.17) is 5.11 Å². The van der Waals surface area contributed by atoms with Crippen LogP contribution in [0.15, 0.2) is 36.5 Å². The number of fused-ring (bicyclic) bond motifs is 1. The van der Waals surface area contributed by atoms with Gasteiger partial charge in [0.2, 0.25) is 0 Å². The summed E-state index contributed by atoms with van der Waals surface area (Å²) in [5.41, 5.74) is 1.87. The molecule has 15 heavy (non-hydrogen) atoms. The highest BCUT2D eigenvalue weighted by Crippen LogP contribution is 2.11. The molecule has 1 N–H and O–H groups in total. The number of hydrogen-bond acceptors (Lipinski definition) is 2. The molecule has 0 radical (unpaired) electrons. The molecular weight excluding hydrogens is 186 g/mol. The summed E-state index contributed by atoms with van der Waals surface area (Å²) in [5.74, 6) is 5.84. The van der Waals surface area contributed by atoms with E-state index in [1.165, 1.54) is 0 Å². The van der Waals surface area contributed by atoms with Crippen LogP contribution < -0.4 is 0 Å². The smallest absolute Gasteiger partial charge is 0.0702 e. The molecule has 2 rings (SSSR count). The quantitative estimate of drug-likeness (QED) is 0.709. The Morgan fingerprint density at radius 1 is 1.27 bits per heavy atom. The van der Waals surface area contributed by atoms with Gasteiger partial charge in [0, 0.05) is 23.6 Å². The van der Waals surface area contributed by atoms with Crippen LogP contribution >= 0.6 is 0 Å². The fourth-order valence-electron chi connectivity index (χ4n) is 1.36. The van der Waals surface area contributed by atoms with Crippen molar-refractivity contribution in [1.82, 2.24) is 4.98 Å². The van der Waals surface area contributed by atoms with Crippen molar-refractivity contribution in [3.63, 3.8) is 0 Å². The van der Waals surface area contributed by atoms with Crippen molar-refractivity contribution in [2.75, 3.05) is 6.61 Å². The molecule has 0 aliphatic rings. The Balaban J connectivity index is 2.36. The van der Waals surface area contributed by atoms with E-state index < -0.39 is 0 Å². The van der Waals surface area contributed by atoms with Gasteiger partial charge in [0.05, 0.1) is 12.1 Å². The largest absolute Gasteiger partial charge is 0.395 e. The lowest BCUT2D eigenvalue weighted by atomic mass is 10.1. The normalized spacial score (nSPS) is 9.67. The summed E-state index contributed by atoms with van der Waals surface area (Å²) in [4.78, 5) is 4.29. The molecule has 0 aliphatic heterocycles. The van der Waals surface area contributed by atoms with Crippen LogP contribution in [0.3, 0.4) is 0 Å². The van der Waals surface area contributed by atoms with Crippen LogP contribution in [0.5, 0.6) is 0 Å². The minimum Gasteiger partial charge on any atom is -0.395 e. The summed E-state index contributed by atoms with van der Waals surface area (Å²) < 4.78 is 0. The summed E-state index contributed by atoms with van der Waals surface area (Å²) in [6.07, 6.45) is 2.26. The molecule has 0 amide bonds. The zero-order chi connectivity index (χ0) is 10.5. The molecule has 0 saturated carbocycles. The molecule has 0 unspecified atom stereocenters. The zero-order valence-electron chi connectivity index (χ0n) is 8.27. The Morgan fingerprint density at radius 2 is 2.13 bits per heavy atom. The monoisotopic (exact) mass is 197 g/mol. The van der Waals surface area contributed by atoms with Gasteiger partial charge in [-0.25, -0.2) is 0 Å². The Kier molecular flexibility index (Phi) is 2.96. The average molecular weight is 197 g/mol. The first kappa shape index (κ1) is 9.70. The van der Waals surface area contributed by atoms with E-state index in [0.29, 0.717) is 6.42 Å². The third-order valence-electron chi connectivity index (χ3n) is 2.06. The van der Waals surface area contributed by atoms with E-state index in [1.54, 1.807) is 6.20 Å². The van der Waals surface area contributed by atoms with Gasteiger partial charge < -0.3 is 5.11 Å². The number of aliphatic hydroxyl groups excluding tert-OH is 1. The first-order valence-electron chi connectivity index (χ1n) is 4.84. The maximum absolute atomic E-state index is 8.60. The van der Waals surface area contributed by atoms with Crippen molar-refractivity contribution >= 4 is 10.9 Å². The highest BCUT2D eigenvalue weighted by atomic mass is 16.2. The molecule has 2 aromatic rings. The van der Waals surface area contributed by atoms with Gasteiger partial charge in [0.25, 0.3) is 0 Å². The van der Waals surface area contributed by atoms with Crippen LogP contribution in [0, 0.1) is 11.8 Å². The molecule has 0 fully saturated rings. The molecule has 0 saturated heterocycles. The standard InChI is InChI=1S/C13H11NO/c15-8-4-3-5-11-9-12-6-1-2-7-13(12)14-10-11/h1-2,6-7,9-10,15H,4,8H2. The van der Waals surface area contributed by atoms with Crippen molar-refractivity contribution in [3.05, 3.63) is 42.1 Å². The maximum Gasteiger partial charge on any atom is 0.0702 e. The second-order valence-electron chi connectivity index (χ2n) is 3.19. The van der Waals surface area contributed by atoms with Crippen LogP contribution in [0.4, 0.5) is 0 Å². The van der Waals surface area contributed by atoms with E-state index >= 15 is 0 Å². The number of rotatable bonds is 1. The van der Waals surface area contributed by atoms with Crippen molar-refractivity contribution in [2.24, 2.45) is 0 Å². The summed E-state index contributed by atoms with van der Waals surface area (Å²) in [6.45, 7) is 0.105. The Bertz CT molecular complexity index is 523. The zero-order valence-corrected chi connectivity index (χ0v) is 8.27. The summed E-state index contributed by atoms with van der Waals surface area (Å²) >= 11 is 0. The lowest BCUT2D eigenvalue weighted by Gasteiger charge is -1.96. The number of aliphatic hydroxyl groups is 1. The van der Waals surface area contributed by atoms with Gasteiger partial charge in [-0.1, -0.05) is 30.0 Å². The second-order valence-corrected chi connectivity index (χ2v) is 3.19. The van der Waals surface area contributed by atoms with Crippen molar-refractivity contribution in [2.45, 2.75) is 6.42 Å². The van der Waals surface area contributed by atoms with Crippen LogP contribution in [0.25, 0.3) is 10.9 Å². The second kappa shape index (κ2) is 4.59. The summed E-state index contributed by atoms with van der Waals surface area (Å²) in [6, 6.07) is 9.94. The number of pyridine rings is 1. The first-order valence-corrected chi connectivity index (χ1v) is 4.84. The van der Waals surface area contributed by atoms with E-state index in [9.17, 15) is 0 Å².